The summed E-state index contributed by atoms with van der Waals surface area (Å²) in [7, 11) is 1.83. The van der Waals surface area contributed by atoms with Crippen molar-refractivity contribution in [2.75, 3.05) is 0 Å². The van der Waals surface area contributed by atoms with Gasteiger partial charge in [-0.15, -0.1) is 0 Å². The highest BCUT2D eigenvalue weighted by molar-refractivity contribution is 5.95. The molecule has 0 fully saturated rings. The molecule has 7 heteroatoms. The number of rotatable bonds is 4. The van der Waals surface area contributed by atoms with Crippen LogP contribution in [-0.4, -0.2) is 25.7 Å². The van der Waals surface area contributed by atoms with E-state index in [0.29, 0.717) is 23.6 Å². The highest BCUT2D eigenvalue weighted by Crippen LogP contribution is 2.16. The minimum Gasteiger partial charge on any atom is -0.466 e. The van der Waals surface area contributed by atoms with E-state index in [4.69, 9.17) is 4.42 Å². The van der Waals surface area contributed by atoms with E-state index in [-0.39, 0.29) is 5.91 Å². The van der Waals surface area contributed by atoms with Crippen molar-refractivity contribution >= 4 is 5.91 Å². The largest absolute Gasteiger partial charge is 0.466 e. The van der Waals surface area contributed by atoms with Gasteiger partial charge in [-0.3, -0.25) is 19.4 Å². The smallest absolute Gasteiger partial charge is 0.255 e. The van der Waals surface area contributed by atoms with Gasteiger partial charge in [-0.1, -0.05) is 0 Å². The third-order valence-corrected chi connectivity index (χ3v) is 3.52. The second-order valence-electron chi connectivity index (χ2n) is 5.24. The predicted octanol–water partition coefficient (Wildman–Crippen LogP) is 2.02. The summed E-state index contributed by atoms with van der Waals surface area (Å²) in [4.78, 5) is 20.5. The van der Waals surface area contributed by atoms with Gasteiger partial charge >= 0.3 is 0 Å². The molecule has 0 aliphatic carbocycles. The van der Waals surface area contributed by atoms with E-state index in [1.807, 2.05) is 20.0 Å². The summed E-state index contributed by atoms with van der Waals surface area (Å²) in [5.41, 5.74) is 2.85. The van der Waals surface area contributed by atoms with Crippen molar-refractivity contribution in [1.82, 2.24) is 25.1 Å². The molecule has 0 spiro atoms. The summed E-state index contributed by atoms with van der Waals surface area (Å²) >= 11 is 0. The molecule has 0 unspecified atom stereocenters. The van der Waals surface area contributed by atoms with Gasteiger partial charge in [0.25, 0.3) is 5.91 Å². The topological polar surface area (TPSA) is 85.8 Å². The molecule has 0 saturated carbocycles. The maximum absolute atomic E-state index is 12.2. The molecule has 0 aliphatic rings. The van der Waals surface area contributed by atoms with Crippen LogP contribution in [0.3, 0.4) is 0 Å². The maximum atomic E-state index is 12.2. The summed E-state index contributed by atoms with van der Waals surface area (Å²) in [6.45, 7) is 3.96. The van der Waals surface area contributed by atoms with Gasteiger partial charge < -0.3 is 9.73 Å². The zero-order chi connectivity index (χ0) is 16.4. The van der Waals surface area contributed by atoms with Crippen LogP contribution in [0.15, 0.2) is 35.1 Å². The van der Waals surface area contributed by atoms with E-state index in [1.165, 1.54) is 0 Å². The van der Waals surface area contributed by atoms with Crippen molar-refractivity contribution in [3.8, 4) is 11.4 Å². The molecule has 7 nitrogen and oxygen atoms in total. The van der Waals surface area contributed by atoms with E-state index >= 15 is 0 Å². The number of amides is 1. The third kappa shape index (κ3) is 3.13. The van der Waals surface area contributed by atoms with Gasteiger partial charge in [0.15, 0.2) is 0 Å². The number of furan rings is 1. The first-order valence-electron chi connectivity index (χ1n) is 7.19. The summed E-state index contributed by atoms with van der Waals surface area (Å²) in [5, 5.41) is 7.28. The highest BCUT2D eigenvalue weighted by atomic mass is 16.3. The van der Waals surface area contributed by atoms with E-state index in [2.05, 4.69) is 20.4 Å². The third-order valence-electron chi connectivity index (χ3n) is 3.52. The number of aryl methyl sites for hydroxylation is 3. The number of carbonyl (C=O) groups is 1. The van der Waals surface area contributed by atoms with Crippen LogP contribution in [0.5, 0.6) is 0 Å². The molecule has 118 valence electrons. The van der Waals surface area contributed by atoms with Crippen LogP contribution in [0.1, 0.15) is 27.6 Å². The van der Waals surface area contributed by atoms with E-state index in [0.717, 1.165) is 17.1 Å². The zero-order valence-electron chi connectivity index (χ0n) is 13.2. The molecule has 23 heavy (non-hydrogen) atoms. The van der Waals surface area contributed by atoms with Gasteiger partial charge in [0, 0.05) is 19.4 Å². The number of hydrogen-bond donors (Lipinski definition) is 1. The number of hydrogen-bond acceptors (Lipinski definition) is 5. The molecule has 0 atom stereocenters. The molecule has 1 N–H and O–H groups in total. The molecule has 0 aromatic carbocycles. The van der Waals surface area contributed by atoms with Crippen molar-refractivity contribution in [3.05, 3.63) is 53.5 Å². The lowest BCUT2D eigenvalue weighted by Crippen LogP contribution is -2.24. The summed E-state index contributed by atoms with van der Waals surface area (Å²) in [6, 6.07) is 3.62. The second kappa shape index (κ2) is 6.04. The lowest BCUT2D eigenvalue weighted by atomic mass is 10.2. The Morgan fingerprint density at radius 1 is 1.26 bits per heavy atom. The lowest BCUT2D eigenvalue weighted by Gasteiger charge is -2.04. The predicted molar refractivity (Wildman–Crippen MR) is 83.6 cm³/mol. The number of nitrogens with one attached hydrogen (secondary N) is 1. The quantitative estimate of drug-likeness (QED) is 0.796. The first kappa shape index (κ1) is 15.0. The molecule has 1 amide bonds. The molecule has 0 aliphatic heterocycles. The Kier molecular flexibility index (Phi) is 3.92. The normalized spacial score (nSPS) is 10.7. The Labute approximate surface area is 133 Å². The van der Waals surface area contributed by atoms with Gasteiger partial charge in [0.05, 0.1) is 24.0 Å². The van der Waals surface area contributed by atoms with Gasteiger partial charge in [0.1, 0.15) is 22.9 Å². The SMILES string of the molecule is Cc1cc(C(=O)NCc2cc(-c3cnccn3)nn2C)c(C)o1. The number of aromatic nitrogens is 4. The van der Waals surface area contributed by atoms with E-state index in [1.54, 1.807) is 36.3 Å². The Bertz CT molecular complexity index is 836. The second-order valence-corrected chi connectivity index (χ2v) is 5.24. The van der Waals surface area contributed by atoms with Crippen molar-refractivity contribution < 1.29 is 9.21 Å². The van der Waals surface area contributed by atoms with Crippen molar-refractivity contribution in [1.29, 1.82) is 0 Å². The molecule has 3 rings (SSSR count). The molecule has 3 aromatic heterocycles. The fourth-order valence-corrected chi connectivity index (χ4v) is 2.35. The fraction of sp³-hybridized carbons (Fsp3) is 0.250. The zero-order valence-corrected chi connectivity index (χ0v) is 13.2. The highest BCUT2D eigenvalue weighted by Gasteiger charge is 2.14. The first-order valence-corrected chi connectivity index (χ1v) is 7.19. The van der Waals surface area contributed by atoms with Crippen molar-refractivity contribution in [2.45, 2.75) is 20.4 Å². The molecule has 3 heterocycles. The Hall–Kier alpha value is -2.96. The Morgan fingerprint density at radius 3 is 2.74 bits per heavy atom. The van der Waals surface area contributed by atoms with Crippen LogP contribution in [0.4, 0.5) is 0 Å². The van der Waals surface area contributed by atoms with Crippen LogP contribution < -0.4 is 5.32 Å². The first-order chi connectivity index (χ1) is 11.0. The summed E-state index contributed by atoms with van der Waals surface area (Å²) < 4.78 is 7.10. The molecular formula is C16H17N5O2. The lowest BCUT2D eigenvalue weighted by molar-refractivity contribution is 0.0948. The van der Waals surface area contributed by atoms with E-state index in [9.17, 15) is 4.79 Å². The van der Waals surface area contributed by atoms with Crippen molar-refractivity contribution in [2.24, 2.45) is 7.05 Å². The van der Waals surface area contributed by atoms with Crippen LogP contribution in [0.25, 0.3) is 11.4 Å². The van der Waals surface area contributed by atoms with E-state index < -0.39 is 0 Å². The van der Waals surface area contributed by atoms with Gasteiger partial charge in [-0.05, 0) is 26.0 Å². The summed E-state index contributed by atoms with van der Waals surface area (Å²) in [6.07, 6.45) is 4.89. The van der Waals surface area contributed by atoms with Crippen LogP contribution in [-0.2, 0) is 13.6 Å². The Morgan fingerprint density at radius 2 is 2.09 bits per heavy atom. The molecular weight excluding hydrogens is 294 g/mol. The van der Waals surface area contributed by atoms with Gasteiger partial charge in [-0.2, -0.15) is 5.10 Å². The molecule has 0 bridgehead atoms. The number of nitrogens with zero attached hydrogens (tertiary/aromatic N) is 4. The van der Waals surface area contributed by atoms with Gasteiger partial charge in [-0.25, -0.2) is 0 Å². The molecule has 3 aromatic rings. The summed E-state index contributed by atoms with van der Waals surface area (Å²) in [5.74, 6) is 1.17. The average Bonchev–Trinajstić information content (AvgIpc) is 3.08. The van der Waals surface area contributed by atoms with Crippen LogP contribution >= 0.6 is 0 Å². The fourth-order valence-electron chi connectivity index (χ4n) is 2.35. The molecule has 0 saturated heterocycles. The van der Waals surface area contributed by atoms with Crippen molar-refractivity contribution in [3.63, 3.8) is 0 Å². The Balaban J connectivity index is 1.73. The minimum absolute atomic E-state index is 0.165. The molecule has 0 radical (unpaired) electrons. The van der Waals surface area contributed by atoms with Gasteiger partial charge in [0.2, 0.25) is 0 Å². The maximum Gasteiger partial charge on any atom is 0.255 e. The average molecular weight is 311 g/mol. The standard InChI is InChI=1S/C16H17N5O2/c1-10-6-13(11(2)23-10)16(22)19-8-12-7-14(20-21(12)3)15-9-17-4-5-18-15/h4-7,9H,8H2,1-3H3,(H,19,22). The minimum atomic E-state index is -0.165. The van der Waals surface area contributed by atoms with Crippen LogP contribution in [0, 0.1) is 13.8 Å². The monoisotopic (exact) mass is 311 g/mol. The number of carbonyl (C=O) groups excluding carboxylic acids is 1. The van der Waals surface area contributed by atoms with Crippen LogP contribution in [0.2, 0.25) is 0 Å².